The van der Waals surface area contributed by atoms with E-state index in [2.05, 4.69) is 9.88 Å². The van der Waals surface area contributed by atoms with Gasteiger partial charge in [-0.05, 0) is 43.3 Å². The average Bonchev–Trinajstić information content (AvgIpc) is 3.10. The number of amides is 1. The number of hydrogen-bond acceptors (Lipinski definition) is 4. The fourth-order valence-corrected chi connectivity index (χ4v) is 3.37. The molecule has 4 rings (SSSR count). The first kappa shape index (κ1) is 18.4. The number of rotatable bonds is 4. The Balaban J connectivity index is 1.36. The van der Waals surface area contributed by atoms with Gasteiger partial charge in [0.1, 0.15) is 11.6 Å². The summed E-state index contributed by atoms with van der Waals surface area (Å²) < 4.78 is 18.9. The van der Waals surface area contributed by atoms with Crippen molar-refractivity contribution in [1.82, 2.24) is 14.8 Å². The second kappa shape index (κ2) is 7.94. The van der Waals surface area contributed by atoms with Crippen LogP contribution in [0.15, 0.2) is 59.0 Å². The van der Waals surface area contributed by atoms with Crippen molar-refractivity contribution in [2.24, 2.45) is 0 Å². The Kier molecular flexibility index (Phi) is 5.21. The highest BCUT2D eigenvalue weighted by atomic mass is 19.1. The van der Waals surface area contributed by atoms with Gasteiger partial charge in [-0.25, -0.2) is 9.37 Å². The Morgan fingerprint density at radius 2 is 1.71 bits per heavy atom. The molecule has 1 aromatic heterocycles. The highest BCUT2D eigenvalue weighted by molar-refractivity contribution is 5.94. The zero-order chi connectivity index (χ0) is 19.5. The summed E-state index contributed by atoms with van der Waals surface area (Å²) in [6.07, 6.45) is 0. The number of aromatic nitrogens is 1. The van der Waals surface area contributed by atoms with Crippen LogP contribution in [0.5, 0.6) is 0 Å². The molecule has 0 saturated carbocycles. The molecule has 1 aliphatic heterocycles. The van der Waals surface area contributed by atoms with Gasteiger partial charge in [-0.15, -0.1) is 0 Å². The molecule has 0 unspecified atom stereocenters. The average molecular weight is 379 g/mol. The van der Waals surface area contributed by atoms with Crippen LogP contribution in [0.2, 0.25) is 0 Å². The molecule has 28 heavy (non-hydrogen) atoms. The Bertz CT molecular complexity index is 946. The quantitative estimate of drug-likeness (QED) is 0.693. The molecule has 144 valence electrons. The molecular weight excluding hydrogens is 357 g/mol. The number of piperazine rings is 1. The van der Waals surface area contributed by atoms with Crippen molar-refractivity contribution in [2.75, 3.05) is 26.2 Å². The first-order valence-corrected chi connectivity index (χ1v) is 9.39. The number of halogens is 1. The zero-order valence-electron chi connectivity index (χ0n) is 15.8. The lowest BCUT2D eigenvalue weighted by molar-refractivity contribution is 0.0626. The van der Waals surface area contributed by atoms with Crippen molar-refractivity contribution >= 4 is 5.91 Å². The molecule has 2 aromatic carbocycles. The van der Waals surface area contributed by atoms with E-state index in [4.69, 9.17) is 4.42 Å². The predicted molar refractivity (Wildman–Crippen MR) is 104 cm³/mol. The van der Waals surface area contributed by atoms with E-state index in [1.165, 1.54) is 24.3 Å². The van der Waals surface area contributed by atoms with Crippen molar-refractivity contribution in [3.8, 4) is 11.5 Å². The molecule has 6 heteroatoms. The molecule has 5 nitrogen and oxygen atoms in total. The van der Waals surface area contributed by atoms with Crippen LogP contribution in [0.25, 0.3) is 11.5 Å². The molecule has 0 aliphatic carbocycles. The topological polar surface area (TPSA) is 49.6 Å². The second-order valence-corrected chi connectivity index (χ2v) is 6.96. The van der Waals surface area contributed by atoms with Crippen LogP contribution >= 0.6 is 0 Å². The van der Waals surface area contributed by atoms with Gasteiger partial charge in [-0.3, -0.25) is 9.69 Å². The number of aryl methyl sites for hydroxylation is 1. The van der Waals surface area contributed by atoms with E-state index in [1.807, 2.05) is 42.2 Å². The Morgan fingerprint density at radius 1 is 1.04 bits per heavy atom. The standard InChI is InChI=1S/C22H22FN3O2/c1-16-20(24-21(28-16)17-5-3-2-4-6-17)15-25-11-13-26(14-12-25)22(27)18-7-9-19(23)10-8-18/h2-10H,11-15H2,1H3. The van der Waals surface area contributed by atoms with Gasteiger partial charge in [0.15, 0.2) is 0 Å². The van der Waals surface area contributed by atoms with Crippen LogP contribution in [0.3, 0.4) is 0 Å². The number of oxazole rings is 1. The summed E-state index contributed by atoms with van der Waals surface area (Å²) in [6.45, 7) is 5.43. The van der Waals surface area contributed by atoms with Crippen LogP contribution in [0.4, 0.5) is 4.39 Å². The van der Waals surface area contributed by atoms with E-state index in [9.17, 15) is 9.18 Å². The number of carbonyl (C=O) groups excluding carboxylic acids is 1. The third-order valence-electron chi connectivity index (χ3n) is 5.04. The fourth-order valence-electron chi connectivity index (χ4n) is 3.37. The van der Waals surface area contributed by atoms with Gasteiger partial charge in [0, 0.05) is 43.9 Å². The van der Waals surface area contributed by atoms with Crippen molar-refractivity contribution in [2.45, 2.75) is 13.5 Å². The Morgan fingerprint density at radius 3 is 2.39 bits per heavy atom. The van der Waals surface area contributed by atoms with E-state index in [0.29, 0.717) is 31.1 Å². The monoisotopic (exact) mass is 379 g/mol. The highest BCUT2D eigenvalue weighted by Gasteiger charge is 2.23. The zero-order valence-corrected chi connectivity index (χ0v) is 15.8. The lowest BCUT2D eigenvalue weighted by atomic mass is 10.1. The maximum absolute atomic E-state index is 13.0. The van der Waals surface area contributed by atoms with E-state index in [0.717, 1.165) is 30.1 Å². The van der Waals surface area contributed by atoms with Crippen LogP contribution in [0.1, 0.15) is 21.8 Å². The summed E-state index contributed by atoms with van der Waals surface area (Å²) in [4.78, 5) is 21.3. The van der Waals surface area contributed by atoms with Crippen LogP contribution in [-0.4, -0.2) is 46.9 Å². The predicted octanol–water partition coefficient (Wildman–Crippen LogP) is 3.75. The first-order chi connectivity index (χ1) is 13.6. The van der Waals surface area contributed by atoms with Gasteiger partial charge < -0.3 is 9.32 Å². The molecule has 0 atom stereocenters. The number of benzene rings is 2. The van der Waals surface area contributed by atoms with Gasteiger partial charge in [-0.2, -0.15) is 0 Å². The van der Waals surface area contributed by atoms with Gasteiger partial charge in [0.2, 0.25) is 5.89 Å². The third kappa shape index (κ3) is 3.97. The van der Waals surface area contributed by atoms with Gasteiger partial charge in [0.25, 0.3) is 5.91 Å². The molecule has 0 spiro atoms. The third-order valence-corrected chi connectivity index (χ3v) is 5.04. The summed E-state index contributed by atoms with van der Waals surface area (Å²) in [5.41, 5.74) is 2.42. The van der Waals surface area contributed by atoms with Crippen molar-refractivity contribution in [3.63, 3.8) is 0 Å². The summed E-state index contributed by atoms with van der Waals surface area (Å²) in [5, 5.41) is 0. The number of hydrogen-bond donors (Lipinski definition) is 0. The van der Waals surface area contributed by atoms with Gasteiger partial charge in [-0.1, -0.05) is 18.2 Å². The van der Waals surface area contributed by atoms with Crippen LogP contribution in [-0.2, 0) is 6.54 Å². The molecule has 1 amide bonds. The second-order valence-electron chi connectivity index (χ2n) is 6.96. The minimum atomic E-state index is -0.334. The van der Waals surface area contributed by atoms with Crippen LogP contribution in [0, 0.1) is 12.7 Å². The molecule has 0 N–H and O–H groups in total. The van der Waals surface area contributed by atoms with E-state index >= 15 is 0 Å². The molecule has 1 fully saturated rings. The van der Waals surface area contributed by atoms with Crippen LogP contribution < -0.4 is 0 Å². The lowest BCUT2D eigenvalue weighted by Crippen LogP contribution is -2.48. The summed E-state index contributed by atoms with van der Waals surface area (Å²) in [6, 6.07) is 15.6. The molecule has 3 aromatic rings. The lowest BCUT2D eigenvalue weighted by Gasteiger charge is -2.34. The molecule has 2 heterocycles. The molecule has 1 saturated heterocycles. The number of carbonyl (C=O) groups is 1. The van der Waals surface area contributed by atoms with E-state index in [-0.39, 0.29) is 11.7 Å². The van der Waals surface area contributed by atoms with Gasteiger partial charge >= 0.3 is 0 Å². The molecule has 0 radical (unpaired) electrons. The smallest absolute Gasteiger partial charge is 0.253 e. The SMILES string of the molecule is Cc1oc(-c2ccccc2)nc1CN1CCN(C(=O)c2ccc(F)cc2)CC1. The Labute approximate surface area is 163 Å². The molecule has 1 aliphatic rings. The Hall–Kier alpha value is -2.99. The maximum atomic E-state index is 13.0. The van der Waals surface area contributed by atoms with Crippen molar-refractivity contribution < 1.29 is 13.6 Å². The maximum Gasteiger partial charge on any atom is 0.253 e. The summed E-state index contributed by atoms with van der Waals surface area (Å²) in [5.74, 6) is 1.07. The summed E-state index contributed by atoms with van der Waals surface area (Å²) >= 11 is 0. The number of nitrogens with zero attached hydrogens (tertiary/aromatic N) is 3. The van der Waals surface area contributed by atoms with E-state index < -0.39 is 0 Å². The van der Waals surface area contributed by atoms with E-state index in [1.54, 1.807) is 0 Å². The highest BCUT2D eigenvalue weighted by Crippen LogP contribution is 2.22. The fraction of sp³-hybridized carbons (Fsp3) is 0.273. The molecular formula is C22H22FN3O2. The largest absolute Gasteiger partial charge is 0.441 e. The van der Waals surface area contributed by atoms with Gasteiger partial charge in [0.05, 0.1) is 5.69 Å². The first-order valence-electron chi connectivity index (χ1n) is 9.39. The van der Waals surface area contributed by atoms with Crippen molar-refractivity contribution in [3.05, 3.63) is 77.4 Å². The summed E-state index contributed by atoms with van der Waals surface area (Å²) in [7, 11) is 0. The molecule has 0 bridgehead atoms. The normalized spacial score (nSPS) is 15.0. The van der Waals surface area contributed by atoms with Crippen molar-refractivity contribution in [1.29, 1.82) is 0 Å². The minimum Gasteiger partial charge on any atom is -0.441 e. The minimum absolute atomic E-state index is 0.0522.